The highest BCUT2D eigenvalue weighted by Gasteiger charge is 2.34. The molecule has 8 heteroatoms. The van der Waals surface area contributed by atoms with Gasteiger partial charge >= 0.3 is 12.2 Å². The Morgan fingerprint density at radius 2 is 1.59 bits per heavy atom. The van der Waals surface area contributed by atoms with Gasteiger partial charge in [0.25, 0.3) is 0 Å². The van der Waals surface area contributed by atoms with E-state index < -0.39 is 17.8 Å². The molecule has 1 fully saturated rings. The molecule has 4 rings (SSSR count). The van der Waals surface area contributed by atoms with Gasteiger partial charge in [-0.2, -0.15) is 13.2 Å². The lowest BCUT2D eigenvalue weighted by atomic mass is 9.98. The standard InChI is InChI=1S/C21H20F3N3O2/c22-21(23,24)16-4-7-17(8-5-16)25-20(29)26-18-6-3-13-9-10-27(12-15(13)11-18)19(28)14-1-2-14/h3-8,11,14H,1-2,9-10,12H2,(H2,25,26,29). The summed E-state index contributed by atoms with van der Waals surface area (Å²) in [6.45, 7) is 1.24. The van der Waals surface area contributed by atoms with Crippen molar-refractivity contribution < 1.29 is 22.8 Å². The van der Waals surface area contributed by atoms with Crippen LogP contribution in [0.4, 0.5) is 29.3 Å². The van der Waals surface area contributed by atoms with E-state index in [1.807, 2.05) is 17.0 Å². The highest BCUT2D eigenvalue weighted by atomic mass is 19.4. The maximum Gasteiger partial charge on any atom is 0.416 e. The number of urea groups is 1. The Bertz CT molecular complexity index is 937. The largest absolute Gasteiger partial charge is 0.416 e. The first-order valence-electron chi connectivity index (χ1n) is 9.45. The first-order valence-corrected chi connectivity index (χ1v) is 9.45. The number of nitrogens with one attached hydrogen (secondary N) is 2. The highest BCUT2D eigenvalue weighted by molar-refractivity contribution is 5.99. The van der Waals surface area contributed by atoms with E-state index in [2.05, 4.69) is 10.6 Å². The lowest BCUT2D eigenvalue weighted by Gasteiger charge is -2.29. The zero-order chi connectivity index (χ0) is 20.6. The maximum atomic E-state index is 12.6. The van der Waals surface area contributed by atoms with Crippen molar-refractivity contribution in [2.24, 2.45) is 5.92 Å². The fourth-order valence-electron chi connectivity index (χ4n) is 3.45. The number of fused-ring (bicyclic) bond motifs is 1. The van der Waals surface area contributed by atoms with Crippen molar-refractivity contribution in [2.75, 3.05) is 17.2 Å². The van der Waals surface area contributed by atoms with E-state index >= 15 is 0 Å². The second-order valence-electron chi connectivity index (χ2n) is 7.42. The van der Waals surface area contributed by atoms with E-state index in [4.69, 9.17) is 0 Å². The number of amides is 3. The van der Waals surface area contributed by atoms with Crippen LogP contribution in [-0.4, -0.2) is 23.4 Å². The van der Waals surface area contributed by atoms with Gasteiger partial charge in [-0.05, 0) is 66.8 Å². The smallest absolute Gasteiger partial charge is 0.338 e. The predicted molar refractivity (Wildman–Crippen MR) is 102 cm³/mol. The third kappa shape index (κ3) is 4.52. The van der Waals surface area contributed by atoms with E-state index in [1.165, 1.54) is 12.1 Å². The Morgan fingerprint density at radius 3 is 2.24 bits per heavy atom. The van der Waals surface area contributed by atoms with Gasteiger partial charge in [-0.3, -0.25) is 4.79 Å². The summed E-state index contributed by atoms with van der Waals surface area (Å²) in [7, 11) is 0. The lowest BCUT2D eigenvalue weighted by Crippen LogP contribution is -2.36. The summed E-state index contributed by atoms with van der Waals surface area (Å²) >= 11 is 0. The van der Waals surface area contributed by atoms with Gasteiger partial charge in [0.15, 0.2) is 0 Å². The van der Waals surface area contributed by atoms with Gasteiger partial charge in [0.1, 0.15) is 0 Å². The number of benzene rings is 2. The van der Waals surface area contributed by atoms with Crippen LogP contribution in [0.3, 0.4) is 0 Å². The number of anilines is 2. The average molecular weight is 403 g/mol. The molecule has 2 aromatic carbocycles. The van der Waals surface area contributed by atoms with Crippen LogP contribution in [0.5, 0.6) is 0 Å². The minimum Gasteiger partial charge on any atom is -0.338 e. The molecule has 3 amide bonds. The third-order valence-electron chi connectivity index (χ3n) is 5.18. The molecular formula is C21H20F3N3O2. The van der Waals surface area contributed by atoms with Crippen LogP contribution in [-0.2, 0) is 23.9 Å². The lowest BCUT2D eigenvalue weighted by molar-refractivity contribution is -0.137. The number of alkyl halides is 3. The fraction of sp³-hybridized carbons (Fsp3) is 0.333. The second kappa shape index (κ2) is 7.42. The van der Waals surface area contributed by atoms with Crippen molar-refractivity contribution in [3.8, 4) is 0 Å². The minimum atomic E-state index is -4.42. The first kappa shape index (κ1) is 19.3. The molecule has 0 spiro atoms. The third-order valence-corrected chi connectivity index (χ3v) is 5.18. The van der Waals surface area contributed by atoms with Gasteiger partial charge in [0.05, 0.1) is 5.56 Å². The average Bonchev–Trinajstić information content (AvgIpc) is 3.52. The number of carbonyl (C=O) groups is 2. The Kier molecular flexibility index (Phi) is 4.94. The minimum absolute atomic E-state index is 0.173. The molecule has 5 nitrogen and oxygen atoms in total. The molecule has 1 saturated carbocycles. The van der Waals surface area contributed by atoms with Crippen LogP contribution < -0.4 is 10.6 Å². The number of carbonyl (C=O) groups excluding carboxylic acids is 2. The normalized spacial score (nSPS) is 16.2. The molecule has 1 aliphatic carbocycles. The van der Waals surface area contributed by atoms with Crippen molar-refractivity contribution >= 4 is 23.3 Å². The van der Waals surface area contributed by atoms with E-state index in [0.717, 1.165) is 42.5 Å². The molecule has 0 radical (unpaired) electrons. The molecule has 2 aromatic rings. The van der Waals surface area contributed by atoms with Gasteiger partial charge in [-0.1, -0.05) is 6.07 Å². The Labute approximate surface area is 165 Å². The maximum absolute atomic E-state index is 12.6. The quantitative estimate of drug-likeness (QED) is 0.784. The molecule has 2 N–H and O–H groups in total. The summed E-state index contributed by atoms with van der Waals surface area (Å²) < 4.78 is 37.8. The van der Waals surface area contributed by atoms with Crippen LogP contribution >= 0.6 is 0 Å². The summed E-state index contributed by atoms with van der Waals surface area (Å²) in [4.78, 5) is 26.4. The number of hydrogen-bond acceptors (Lipinski definition) is 2. The van der Waals surface area contributed by atoms with E-state index in [1.54, 1.807) is 6.07 Å². The molecular weight excluding hydrogens is 383 g/mol. The van der Waals surface area contributed by atoms with Gasteiger partial charge < -0.3 is 15.5 Å². The molecule has 2 aliphatic rings. The number of hydrogen-bond donors (Lipinski definition) is 2. The number of halogens is 3. The Morgan fingerprint density at radius 1 is 0.931 bits per heavy atom. The van der Waals surface area contributed by atoms with Crippen molar-refractivity contribution in [1.29, 1.82) is 0 Å². The van der Waals surface area contributed by atoms with Crippen molar-refractivity contribution in [1.82, 2.24) is 4.90 Å². The monoisotopic (exact) mass is 403 g/mol. The molecule has 152 valence electrons. The van der Waals surface area contributed by atoms with Crippen LogP contribution in [0.15, 0.2) is 42.5 Å². The summed E-state index contributed by atoms with van der Waals surface area (Å²) in [5, 5.41) is 5.21. The Hall–Kier alpha value is -3.03. The summed E-state index contributed by atoms with van der Waals surface area (Å²) in [5.41, 5.74) is 2.20. The topological polar surface area (TPSA) is 61.4 Å². The summed E-state index contributed by atoms with van der Waals surface area (Å²) in [6, 6.07) is 9.25. The zero-order valence-corrected chi connectivity index (χ0v) is 15.6. The van der Waals surface area contributed by atoms with Crippen LogP contribution in [0.2, 0.25) is 0 Å². The molecule has 1 heterocycles. The molecule has 1 aliphatic heterocycles. The first-order chi connectivity index (χ1) is 13.8. The van der Waals surface area contributed by atoms with Crippen LogP contribution in [0.25, 0.3) is 0 Å². The van der Waals surface area contributed by atoms with Crippen LogP contribution in [0.1, 0.15) is 29.5 Å². The van der Waals surface area contributed by atoms with E-state index in [9.17, 15) is 22.8 Å². The molecule has 0 atom stereocenters. The van der Waals surface area contributed by atoms with Gasteiger partial charge in [0, 0.05) is 30.4 Å². The molecule has 0 unspecified atom stereocenters. The molecule has 0 aromatic heterocycles. The van der Waals surface area contributed by atoms with Crippen molar-refractivity contribution in [3.63, 3.8) is 0 Å². The molecule has 29 heavy (non-hydrogen) atoms. The van der Waals surface area contributed by atoms with Gasteiger partial charge in [-0.25, -0.2) is 4.79 Å². The zero-order valence-electron chi connectivity index (χ0n) is 15.6. The van der Waals surface area contributed by atoms with Gasteiger partial charge in [-0.15, -0.1) is 0 Å². The van der Waals surface area contributed by atoms with E-state index in [-0.39, 0.29) is 17.5 Å². The van der Waals surface area contributed by atoms with Gasteiger partial charge in [0.2, 0.25) is 5.91 Å². The predicted octanol–water partition coefficient (Wildman–Crippen LogP) is 4.64. The molecule has 0 saturated heterocycles. The summed E-state index contributed by atoms with van der Waals surface area (Å²) in [5.74, 6) is 0.376. The van der Waals surface area contributed by atoms with E-state index in [0.29, 0.717) is 18.8 Å². The van der Waals surface area contributed by atoms with Crippen LogP contribution in [0, 0.1) is 5.92 Å². The second-order valence-corrected chi connectivity index (χ2v) is 7.42. The number of nitrogens with zero attached hydrogens (tertiary/aromatic N) is 1. The molecule has 0 bridgehead atoms. The van der Waals surface area contributed by atoms with Crippen molar-refractivity contribution in [3.05, 3.63) is 59.2 Å². The Balaban J connectivity index is 1.39. The van der Waals surface area contributed by atoms with Crippen molar-refractivity contribution in [2.45, 2.75) is 32.0 Å². The number of rotatable bonds is 3. The highest BCUT2D eigenvalue weighted by Crippen LogP contribution is 2.33. The fourth-order valence-corrected chi connectivity index (χ4v) is 3.45. The SMILES string of the molecule is O=C(Nc1ccc(C(F)(F)F)cc1)Nc1ccc2c(c1)CN(C(=O)C1CC1)CC2. The summed E-state index contributed by atoms with van der Waals surface area (Å²) in [6.07, 6.45) is -1.70.